The Balaban J connectivity index is 2.04. The van der Waals surface area contributed by atoms with Crippen LogP contribution >= 0.6 is 0 Å². The van der Waals surface area contributed by atoms with Crippen molar-refractivity contribution in [2.24, 2.45) is 5.41 Å². The van der Waals surface area contributed by atoms with E-state index in [4.69, 9.17) is 9.84 Å². The quantitative estimate of drug-likeness (QED) is 0.810. The van der Waals surface area contributed by atoms with Crippen molar-refractivity contribution >= 4 is 11.9 Å². The van der Waals surface area contributed by atoms with Gasteiger partial charge in [-0.25, -0.2) is 14.8 Å². The lowest BCUT2D eigenvalue weighted by Gasteiger charge is -2.30. The lowest BCUT2D eigenvalue weighted by molar-refractivity contribution is 0.0695. The number of hydrogen-bond acceptors (Lipinski definition) is 5. The van der Waals surface area contributed by atoms with Crippen molar-refractivity contribution in [3.05, 3.63) is 29.1 Å². The third-order valence-electron chi connectivity index (χ3n) is 3.73. The summed E-state index contributed by atoms with van der Waals surface area (Å²) in [6, 6.07) is 0. The SMILES string of the molecule is Cc1nc(NCC(C)(C)C2=CCOCC2)ncc1C(=O)O. The summed E-state index contributed by atoms with van der Waals surface area (Å²) in [6.45, 7) is 8.11. The highest BCUT2D eigenvalue weighted by Gasteiger charge is 2.24. The number of aryl methyl sites for hydroxylation is 1. The number of nitrogens with zero attached hydrogens (tertiary/aromatic N) is 2. The van der Waals surface area contributed by atoms with Crippen molar-refractivity contribution in [1.29, 1.82) is 0 Å². The molecule has 1 aliphatic rings. The molecule has 0 fully saturated rings. The van der Waals surface area contributed by atoms with Crippen LogP contribution in [-0.2, 0) is 4.74 Å². The van der Waals surface area contributed by atoms with Gasteiger partial charge in [0.05, 0.1) is 24.5 Å². The highest BCUT2D eigenvalue weighted by atomic mass is 16.5. The molecule has 114 valence electrons. The average molecular weight is 291 g/mol. The van der Waals surface area contributed by atoms with E-state index in [9.17, 15) is 4.79 Å². The molecular weight excluding hydrogens is 270 g/mol. The second-order valence-electron chi connectivity index (χ2n) is 5.79. The van der Waals surface area contributed by atoms with Crippen molar-refractivity contribution in [2.75, 3.05) is 25.1 Å². The minimum Gasteiger partial charge on any atom is -0.478 e. The molecule has 1 aromatic rings. The molecule has 1 aliphatic heterocycles. The third kappa shape index (κ3) is 3.78. The number of nitrogens with one attached hydrogen (secondary N) is 1. The van der Waals surface area contributed by atoms with Crippen LogP contribution in [0, 0.1) is 12.3 Å². The Hall–Kier alpha value is -1.95. The van der Waals surface area contributed by atoms with E-state index >= 15 is 0 Å². The summed E-state index contributed by atoms with van der Waals surface area (Å²) in [5, 5.41) is 12.2. The number of aromatic carboxylic acids is 1. The Morgan fingerprint density at radius 2 is 2.29 bits per heavy atom. The van der Waals surface area contributed by atoms with Crippen LogP contribution in [0.3, 0.4) is 0 Å². The standard InChI is InChI=1S/C15H21N3O3/c1-10-12(13(19)20)8-16-14(18-10)17-9-15(2,3)11-4-6-21-7-5-11/h4,8H,5-7,9H2,1-3H3,(H,19,20)(H,16,17,18). The fraction of sp³-hybridized carbons (Fsp3) is 0.533. The molecule has 0 saturated heterocycles. The van der Waals surface area contributed by atoms with Gasteiger partial charge in [-0.2, -0.15) is 0 Å². The summed E-state index contributed by atoms with van der Waals surface area (Å²) in [5.41, 5.74) is 1.93. The minimum atomic E-state index is -1.01. The molecule has 0 saturated carbocycles. The first-order valence-corrected chi connectivity index (χ1v) is 6.98. The molecule has 2 rings (SSSR count). The van der Waals surface area contributed by atoms with Crippen LogP contribution in [0.5, 0.6) is 0 Å². The topological polar surface area (TPSA) is 84.3 Å². The second-order valence-corrected chi connectivity index (χ2v) is 5.79. The first-order valence-electron chi connectivity index (χ1n) is 6.98. The summed E-state index contributed by atoms with van der Waals surface area (Å²) in [4.78, 5) is 19.2. The van der Waals surface area contributed by atoms with Gasteiger partial charge in [0, 0.05) is 18.2 Å². The molecule has 0 aliphatic carbocycles. The van der Waals surface area contributed by atoms with Gasteiger partial charge < -0.3 is 15.2 Å². The second kappa shape index (κ2) is 6.22. The van der Waals surface area contributed by atoms with Crippen LogP contribution in [0.15, 0.2) is 17.8 Å². The summed E-state index contributed by atoms with van der Waals surface area (Å²) < 4.78 is 5.33. The molecule has 1 aromatic heterocycles. The van der Waals surface area contributed by atoms with Crippen molar-refractivity contribution in [1.82, 2.24) is 9.97 Å². The van der Waals surface area contributed by atoms with Gasteiger partial charge in [0.1, 0.15) is 0 Å². The zero-order valence-corrected chi connectivity index (χ0v) is 12.6. The number of carbonyl (C=O) groups is 1. The van der Waals surface area contributed by atoms with Crippen molar-refractivity contribution < 1.29 is 14.6 Å². The van der Waals surface area contributed by atoms with E-state index in [1.807, 2.05) is 0 Å². The third-order valence-corrected chi connectivity index (χ3v) is 3.73. The molecular formula is C15H21N3O3. The average Bonchev–Trinajstić information content (AvgIpc) is 2.46. The molecule has 2 heterocycles. The maximum absolute atomic E-state index is 10.9. The Morgan fingerprint density at radius 3 is 2.86 bits per heavy atom. The number of aromatic nitrogens is 2. The molecule has 0 aromatic carbocycles. The number of anilines is 1. The molecule has 6 nitrogen and oxygen atoms in total. The maximum atomic E-state index is 10.9. The fourth-order valence-electron chi connectivity index (χ4n) is 2.32. The Bertz CT molecular complexity index is 567. The van der Waals surface area contributed by atoms with E-state index in [0.29, 0.717) is 24.8 Å². The van der Waals surface area contributed by atoms with E-state index in [-0.39, 0.29) is 11.0 Å². The number of carboxylic acid groups (broad SMARTS) is 1. The first-order chi connectivity index (χ1) is 9.90. The highest BCUT2D eigenvalue weighted by molar-refractivity contribution is 5.88. The van der Waals surface area contributed by atoms with Gasteiger partial charge >= 0.3 is 5.97 Å². The van der Waals surface area contributed by atoms with Crippen LogP contribution in [0.2, 0.25) is 0 Å². The van der Waals surface area contributed by atoms with E-state index in [1.165, 1.54) is 11.8 Å². The monoisotopic (exact) mass is 291 g/mol. The summed E-state index contributed by atoms with van der Waals surface area (Å²) in [6.07, 6.45) is 4.41. The van der Waals surface area contributed by atoms with Gasteiger partial charge in [-0.15, -0.1) is 0 Å². The van der Waals surface area contributed by atoms with Gasteiger partial charge in [-0.3, -0.25) is 0 Å². The Labute approximate surface area is 124 Å². The van der Waals surface area contributed by atoms with Gasteiger partial charge in [-0.05, 0) is 13.3 Å². The van der Waals surface area contributed by atoms with Crippen LogP contribution in [-0.4, -0.2) is 40.8 Å². The van der Waals surface area contributed by atoms with Gasteiger partial charge in [-0.1, -0.05) is 25.5 Å². The lowest BCUT2D eigenvalue weighted by atomic mass is 9.81. The molecule has 6 heteroatoms. The van der Waals surface area contributed by atoms with Crippen LogP contribution in [0.25, 0.3) is 0 Å². The van der Waals surface area contributed by atoms with Crippen LogP contribution in [0.4, 0.5) is 5.95 Å². The molecule has 0 bridgehead atoms. The molecule has 2 N–H and O–H groups in total. The predicted molar refractivity (Wildman–Crippen MR) is 79.5 cm³/mol. The lowest BCUT2D eigenvalue weighted by Crippen LogP contribution is -2.28. The zero-order valence-electron chi connectivity index (χ0n) is 12.6. The minimum absolute atomic E-state index is 0.0213. The molecule has 21 heavy (non-hydrogen) atoms. The van der Waals surface area contributed by atoms with Crippen LogP contribution < -0.4 is 5.32 Å². The molecule has 0 atom stereocenters. The van der Waals surface area contributed by atoms with E-state index < -0.39 is 5.97 Å². The van der Waals surface area contributed by atoms with Crippen molar-refractivity contribution in [3.63, 3.8) is 0 Å². The number of hydrogen-bond donors (Lipinski definition) is 2. The van der Waals surface area contributed by atoms with Crippen molar-refractivity contribution in [3.8, 4) is 0 Å². The normalized spacial score (nSPS) is 15.5. The molecule has 0 spiro atoms. The number of carboxylic acids is 1. The largest absolute Gasteiger partial charge is 0.478 e. The van der Waals surface area contributed by atoms with Gasteiger partial charge in [0.15, 0.2) is 0 Å². The molecule has 0 amide bonds. The summed E-state index contributed by atoms with van der Waals surface area (Å²) in [5.74, 6) is -0.551. The smallest absolute Gasteiger partial charge is 0.339 e. The molecule has 0 radical (unpaired) electrons. The summed E-state index contributed by atoms with van der Waals surface area (Å²) in [7, 11) is 0. The first kappa shape index (κ1) is 15.4. The zero-order chi connectivity index (χ0) is 15.5. The van der Waals surface area contributed by atoms with E-state index in [2.05, 4.69) is 35.2 Å². The van der Waals surface area contributed by atoms with E-state index in [0.717, 1.165) is 13.0 Å². The van der Waals surface area contributed by atoms with Crippen molar-refractivity contribution in [2.45, 2.75) is 27.2 Å². The number of rotatable bonds is 5. The van der Waals surface area contributed by atoms with Gasteiger partial charge in [0.25, 0.3) is 0 Å². The molecule has 0 unspecified atom stereocenters. The van der Waals surface area contributed by atoms with Gasteiger partial charge in [0.2, 0.25) is 5.95 Å². The predicted octanol–water partition coefficient (Wildman–Crippen LogP) is 2.27. The summed E-state index contributed by atoms with van der Waals surface area (Å²) >= 11 is 0. The van der Waals surface area contributed by atoms with E-state index in [1.54, 1.807) is 6.92 Å². The fourth-order valence-corrected chi connectivity index (χ4v) is 2.32. The van der Waals surface area contributed by atoms with Crippen LogP contribution in [0.1, 0.15) is 36.3 Å². The Kier molecular flexibility index (Phi) is 4.57. The Morgan fingerprint density at radius 1 is 1.52 bits per heavy atom. The maximum Gasteiger partial charge on any atom is 0.339 e. The number of ether oxygens (including phenoxy) is 1. The highest BCUT2D eigenvalue weighted by Crippen LogP contribution is 2.30.